The van der Waals surface area contributed by atoms with Crippen LogP contribution in [0.25, 0.3) is 10.2 Å². The van der Waals surface area contributed by atoms with Crippen molar-refractivity contribution in [3.63, 3.8) is 0 Å². The number of nitrogens with one attached hydrogen (secondary N) is 1. The highest BCUT2D eigenvalue weighted by atomic mass is 32.1. The van der Waals surface area contributed by atoms with E-state index in [0.29, 0.717) is 5.92 Å². The Kier molecular flexibility index (Phi) is 5.94. The Morgan fingerprint density at radius 1 is 1.12 bits per heavy atom. The van der Waals surface area contributed by atoms with Crippen LogP contribution in [0.1, 0.15) is 60.9 Å². The Labute approximate surface area is 211 Å². The maximum atomic E-state index is 5.81. The van der Waals surface area contributed by atoms with Crippen LogP contribution in [0.2, 0.25) is 0 Å². The van der Waals surface area contributed by atoms with Crippen LogP contribution in [-0.4, -0.2) is 46.2 Å². The van der Waals surface area contributed by atoms with Gasteiger partial charge in [0.05, 0.1) is 5.39 Å². The molecule has 1 saturated heterocycles. The molecule has 34 heavy (non-hydrogen) atoms. The SMILES string of the molecule is CCc1ccccc1NC(=S)N1CCN(c2nc(C3CC3)nc3sc4c(c23)CC[C@@H](C)C4)CC1. The highest BCUT2D eigenvalue weighted by molar-refractivity contribution is 7.80. The smallest absolute Gasteiger partial charge is 0.173 e. The lowest BCUT2D eigenvalue weighted by molar-refractivity contribution is 0.390. The topological polar surface area (TPSA) is 44.3 Å². The van der Waals surface area contributed by atoms with Crippen LogP contribution in [0, 0.1) is 5.92 Å². The summed E-state index contributed by atoms with van der Waals surface area (Å²) in [6, 6.07) is 8.46. The molecular weight excluding hydrogens is 458 g/mol. The van der Waals surface area contributed by atoms with Gasteiger partial charge in [0.15, 0.2) is 5.11 Å². The Balaban J connectivity index is 1.23. The summed E-state index contributed by atoms with van der Waals surface area (Å²) in [4.78, 5) is 17.9. The van der Waals surface area contributed by atoms with Crippen molar-refractivity contribution in [2.24, 2.45) is 5.92 Å². The second kappa shape index (κ2) is 9.08. The zero-order valence-electron chi connectivity index (χ0n) is 20.1. The van der Waals surface area contributed by atoms with E-state index in [-0.39, 0.29) is 0 Å². The quantitative estimate of drug-likeness (QED) is 0.467. The summed E-state index contributed by atoms with van der Waals surface area (Å²) >= 11 is 7.74. The maximum absolute atomic E-state index is 5.81. The Hall–Kier alpha value is -2.25. The fourth-order valence-electron chi connectivity index (χ4n) is 5.36. The molecule has 0 unspecified atom stereocenters. The van der Waals surface area contributed by atoms with E-state index in [1.54, 1.807) is 4.88 Å². The first kappa shape index (κ1) is 22.2. The lowest BCUT2D eigenvalue weighted by Gasteiger charge is -2.37. The third-order valence-corrected chi connectivity index (χ3v) is 9.11. The average Bonchev–Trinajstić information content (AvgIpc) is 3.64. The van der Waals surface area contributed by atoms with Crippen molar-refractivity contribution in [3.05, 3.63) is 46.1 Å². The number of aryl methyl sites for hydroxylation is 2. The fraction of sp³-hybridized carbons (Fsp3) is 0.519. The van der Waals surface area contributed by atoms with E-state index in [2.05, 4.69) is 53.2 Å². The molecule has 7 heteroatoms. The third-order valence-electron chi connectivity index (χ3n) is 7.60. The molecular formula is C27H33N5S2. The highest BCUT2D eigenvalue weighted by Crippen LogP contribution is 2.44. The molecule has 2 fully saturated rings. The molecule has 1 atom stereocenters. The van der Waals surface area contributed by atoms with Gasteiger partial charge in [0.25, 0.3) is 0 Å². The average molecular weight is 492 g/mol. The summed E-state index contributed by atoms with van der Waals surface area (Å²) in [7, 11) is 0. The first-order valence-corrected chi connectivity index (χ1v) is 14.0. The van der Waals surface area contributed by atoms with Crippen LogP contribution < -0.4 is 10.2 Å². The van der Waals surface area contributed by atoms with Crippen molar-refractivity contribution in [2.75, 3.05) is 36.4 Å². The second-order valence-electron chi connectivity index (χ2n) is 10.1. The second-order valence-corrected chi connectivity index (χ2v) is 11.6. The van der Waals surface area contributed by atoms with Crippen molar-refractivity contribution in [1.29, 1.82) is 0 Å². The lowest BCUT2D eigenvalue weighted by Crippen LogP contribution is -2.50. The molecule has 1 aliphatic heterocycles. The van der Waals surface area contributed by atoms with Crippen LogP contribution >= 0.6 is 23.6 Å². The van der Waals surface area contributed by atoms with Gasteiger partial charge in [-0.2, -0.15) is 0 Å². The summed E-state index contributed by atoms with van der Waals surface area (Å²) < 4.78 is 0. The third kappa shape index (κ3) is 4.17. The van der Waals surface area contributed by atoms with Gasteiger partial charge in [-0.3, -0.25) is 0 Å². The predicted molar refractivity (Wildman–Crippen MR) is 146 cm³/mol. The number of thiophene rings is 1. The molecule has 1 saturated carbocycles. The number of thiocarbonyl (C=S) groups is 1. The summed E-state index contributed by atoms with van der Waals surface area (Å²) in [6.45, 7) is 8.26. The largest absolute Gasteiger partial charge is 0.352 e. The van der Waals surface area contributed by atoms with E-state index in [1.165, 1.54) is 59.3 Å². The predicted octanol–water partition coefficient (Wildman–Crippen LogP) is 5.77. The molecule has 5 nitrogen and oxygen atoms in total. The van der Waals surface area contributed by atoms with Crippen LogP contribution in [0.3, 0.4) is 0 Å². The van der Waals surface area contributed by atoms with Gasteiger partial charge in [0.1, 0.15) is 16.5 Å². The van der Waals surface area contributed by atoms with Crippen molar-refractivity contribution in [1.82, 2.24) is 14.9 Å². The standard InChI is InChI=1S/C27H33N5S2/c1-3-18-6-4-5-7-21(18)28-27(33)32-14-12-31(13-15-32)25-23-20-11-8-17(2)16-22(20)34-26(23)30-24(29-25)19-9-10-19/h4-7,17,19H,3,8-16H2,1-2H3,(H,28,33)/t17-/m1/s1. The number of aromatic nitrogens is 2. The molecule has 2 aliphatic carbocycles. The number of benzene rings is 1. The minimum absolute atomic E-state index is 0.568. The van der Waals surface area contributed by atoms with Crippen molar-refractivity contribution >= 4 is 50.4 Å². The number of anilines is 2. The minimum Gasteiger partial charge on any atom is -0.352 e. The van der Waals surface area contributed by atoms with Crippen molar-refractivity contribution in [3.8, 4) is 0 Å². The Morgan fingerprint density at radius 3 is 2.68 bits per heavy atom. The molecule has 178 valence electrons. The zero-order valence-corrected chi connectivity index (χ0v) is 21.8. The molecule has 6 rings (SSSR count). The van der Waals surface area contributed by atoms with E-state index in [1.807, 2.05) is 11.3 Å². The van der Waals surface area contributed by atoms with Gasteiger partial charge in [0, 0.05) is 42.7 Å². The molecule has 0 spiro atoms. The van der Waals surface area contributed by atoms with E-state index in [9.17, 15) is 0 Å². The van der Waals surface area contributed by atoms with Crippen molar-refractivity contribution in [2.45, 2.75) is 58.3 Å². The number of para-hydroxylation sites is 1. The normalized spacial score (nSPS) is 20.5. The van der Waals surface area contributed by atoms with Crippen molar-refractivity contribution < 1.29 is 0 Å². The number of piperazine rings is 1. The first-order valence-electron chi connectivity index (χ1n) is 12.8. The van der Waals surface area contributed by atoms with Gasteiger partial charge in [-0.05, 0) is 73.9 Å². The van der Waals surface area contributed by atoms with Gasteiger partial charge in [-0.1, -0.05) is 32.0 Å². The molecule has 0 bridgehead atoms. The molecule has 3 aromatic rings. The monoisotopic (exact) mass is 491 g/mol. The van der Waals surface area contributed by atoms with E-state index >= 15 is 0 Å². The van der Waals surface area contributed by atoms with Gasteiger partial charge < -0.3 is 15.1 Å². The lowest BCUT2D eigenvalue weighted by atomic mass is 9.89. The molecule has 1 N–H and O–H groups in total. The van der Waals surface area contributed by atoms with Gasteiger partial charge >= 0.3 is 0 Å². The van der Waals surface area contributed by atoms with E-state index in [4.69, 9.17) is 22.2 Å². The molecule has 1 aromatic carbocycles. The van der Waals surface area contributed by atoms with Gasteiger partial charge in [0.2, 0.25) is 0 Å². The number of hydrogen-bond donors (Lipinski definition) is 1. The fourth-order valence-corrected chi connectivity index (χ4v) is 7.04. The molecule has 3 aliphatic rings. The Bertz CT molecular complexity index is 1220. The van der Waals surface area contributed by atoms with Gasteiger partial charge in [-0.25, -0.2) is 9.97 Å². The summed E-state index contributed by atoms with van der Waals surface area (Å²) in [6.07, 6.45) is 7.11. The highest BCUT2D eigenvalue weighted by Gasteiger charge is 2.32. The van der Waals surface area contributed by atoms with Crippen LogP contribution in [0.5, 0.6) is 0 Å². The van der Waals surface area contributed by atoms with Crippen LogP contribution in [0.15, 0.2) is 24.3 Å². The number of hydrogen-bond acceptors (Lipinski definition) is 5. The van der Waals surface area contributed by atoms with E-state index < -0.39 is 0 Å². The van der Waals surface area contributed by atoms with E-state index in [0.717, 1.165) is 55.1 Å². The number of nitrogens with zero attached hydrogens (tertiary/aromatic N) is 4. The first-order chi connectivity index (χ1) is 16.6. The van der Waals surface area contributed by atoms with Gasteiger partial charge in [-0.15, -0.1) is 11.3 Å². The van der Waals surface area contributed by atoms with Crippen LogP contribution in [0.4, 0.5) is 11.5 Å². The molecule has 0 amide bonds. The van der Waals surface area contributed by atoms with Crippen LogP contribution in [-0.2, 0) is 19.3 Å². The molecule has 3 heterocycles. The number of fused-ring (bicyclic) bond motifs is 3. The molecule has 0 radical (unpaired) electrons. The summed E-state index contributed by atoms with van der Waals surface area (Å²) in [5.41, 5.74) is 3.96. The minimum atomic E-state index is 0.568. The summed E-state index contributed by atoms with van der Waals surface area (Å²) in [5.74, 6) is 3.60. The molecule has 2 aromatic heterocycles. The number of rotatable bonds is 4. The zero-order chi connectivity index (χ0) is 23.2. The summed E-state index contributed by atoms with van der Waals surface area (Å²) in [5, 5.41) is 5.68. The Morgan fingerprint density at radius 2 is 1.91 bits per heavy atom. The maximum Gasteiger partial charge on any atom is 0.173 e.